The van der Waals surface area contributed by atoms with Crippen molar-refractivity contribution in [3.63, 3.8) is 0 Å². The highest BCUT2D eigenvalue weighted by molar-refractivity contribution is 6.33. The van der Waals surface area contributed by atoms with Crippen molar-refractivity contribution in [1.29, 1.82) is 0 Å². The SMILES string of the molecule is Cc1ccc(C(=O)NCC(Cl)C(C)C)c(Cl)c1. The van der Waals surface area contributed by atoms with Crippen molar-refractivity contribution in [3.05, 3.63) is 34.3 Å². The third-order valence-electron chi connectivity index (χ3n) is 2.55. The maximum atomic E-state index is 11.8. The normalized spacial score (nSPS) is 12.6. The number of nitrogens with one attached hydrogen (secondary N) is 1. The summed E-state index contributed by atoms with van der Waals surface area (Å²) in [6.45, 7) is 6.41. The number of halogens is 2. The molecule has 0 saturated heterocycles. The largest absolute Gasteiger partial charge is 0.350 e. The van der Waals surface area contributed by atoms with Crippen LogP contribution in [0.15, 0.2) is 18.2 Å². The molecule has 1 atom stereocenters. The van der Waals surface area contributed by atoms with Gasteiger partial charge in [0, 0.05) is 6.54 Å². The van der Waals surface area contributed by atoms with E-state index in [9.17, 15) is 4.79 Å². The van der Waals surface area contributed by atoms with Gasteiger partial charge in [0.2, 0.25) is 0 Å². The van der Waals surface area contributed by atoms with Crippen molar-refractivity contribution in [2.45, 2.75) is 26.1 Å². The van der Waals surface area contributed by atoms with Crippen LogP contribution in [0.3, 0.4) is 0 Å². The highest BCUT2D eigenvalue weighted by Crippen LogP contribution is 2.17. The van der Waals surface area contributed by atoms with Crippen LogP contribution in [0.4, 0.5) is 0 Å². The monoisotopic (exact) mass is 273 g/mol. The van der Waals surface area contributed by atoms with E-state index in [0.29, 0.717) is 23.0 Å². The first-order valence-electron chi connectivity index (χ1n) is 5.60. The number of carbonyl (C=O) groups is 1. The van der Waals surface area contributed by atoms with Crippen molar-refractivity contribution in [2.24, 2.45) is 5.92 Å². The van der Waals surface area contributed by atoms with Crippen molar-refractivity contribution in [3.8, 4) is 0 Å². The van der Waals surface area contributed by atoms with Crippen LogP contribution in [0.5, 0.6) is 0 Å². The molecule has 0 saturated carbocycles. The molecule has 0 fully saturated rings. The van der Waals surface area contributed by atoms with Gasteiger partial charge in [-0.25, -0.2) is 0 Å². The number of hydrogen-bond acceptors (Lipinski definition) is 1. The van der Waals surface area contributed by atoms with Gasteiger partial charge >= 0.3 is 0 Å². The van der Waals surface area contributed by atoms with E-state index in [1.165, 1.54) is 0 Å². The molecule has 1 aromatic rings. The predicted octanol–water partition coefficient (Wildman–Crippen LogP) is 3.64. The molecule has 1 N–H and O–H groups in total. The van der Waals surface area contributed by atoms with Gasteiger partial charge in [0.1, 0.15) is 0 Å². The van der Waals surface area contributed by atoms with Crippen molar-refractivity contribution in [1.82, 2.24) is 5.32 Å². The zero-order chi connectivity index (χ0) is 13.0. The lowest BCUT2D eigenvalue weighted by atomic mass is 10.1. The topological polar surface area (TPSA) is 29.1 Å². The Hall–Kier alpha value is -0.730. The lowest BCUT2D eigenvalue weighted by molar-refractivity contribution is 0.0952. The molecule has 1 amide bonds. The zero-order valence-corrected chi connectivity index (χ0v) is 11.8. The molecule has 2 nitrogen and oxygen atoms in total. The first-order valence-corrected chi connectivity index (χ1v) is 6.41. The van der Waals surface area contributed by atoms with E-state index >= 15 is 0 Å². The Balaban J connectivity index is 2.64. The molecule has 1 aromatic carbocycles. The van der Waals surface area contributed by atoms with E-state index < -0.39 is 0 Å². The van der Waals surface area contributed by atoms with Crippen LogP contribution >= 0.6 is 23.2 Å². The minimum Gasteiger partial charge on any atom is -0.350 e. The minimum absolute atomic E-state index is 0.0665. The first kappa shape index (κ1) is 14.3. The fourth-order valence-electron chi connectivity index (χ4n) is 1.33. The van der Waals surface area contributed by atoms with E-state index in [-0.39, 0.29) is 11.3 Å². The van der Waals surface area contributed by atoms with Gasteiger partial charge in [-0.05, 0) is 30.5 Å². The fraction of sp³-hybridized carbons (Fsp3) is 0.462. The Labute approximate surface area is 112 Å². The van der Waals surface area contributed by atoms with E-state index in [1.54, 1.807) is 12.1 Å². The van der Waals surface area contributed by atoms with Gasteiger partial charge in [0.25, 0.3) is 5.91 Å². The molecule has 0 aliphatic heterocycles. The summed E-state index contributed by atoms with van der Waals surface area (Å²) in [6, 6.07) is 5.37. The Morgan fingerprint density at radius 1 is 1.41 bits per heavy atom. The second kappa shape index (κ2) is 6.27. The van der Waals surface area contributed by atoms with E-state index in [1.807, 2.05) is 26.8 Å². The van der Waals surface area contributed by atoms with Crippen LogP contribution in [-0.4, -0.2) is 17.8 Å². The molecule has 0 spiro atoms. The molecule has 4 heteroatoms. The number of rotatable bonds is 4. The smallest absolute Gasteiger partial charge is 0.252 e. The van der Waals surface area contributed by atoms with Crippen LogP contribution in [0, 0.1) is 12.8 Å². The summed E-state index contributed by atoms with van der Waals surface area (Å²) in [7, 11) is 0. The molecule has 0 aliphatic rings. The summed E-state index contributed by atoms with van der Waals surface area (Å²) in [5.41, 5.74) is 1.52. The molecule has 17 heavy (non-hydrogen) atoms. The number of hydrogen-bond donors (Lipinski definition) is 1. The maximum Gasteiger partial charge on any atom is 0.252 e. The Morgan fingerprint density at radius 3 is 2.59 bits per heavy atom. The van der Waals surface area contributed by atoms with Gasteiger partial charge in [-0.2, -0.15) is 0 Å². The van der Waals surface area contributed by atoms with Crippen LogP contribution in [0.2, 0.25) is 5.02 Å². The van der Waals surface area contributed by atoms with E-state index in [0.717, 1.165) is 5.56 Å². The van der Waals surface area contributed by atoms with E-state index in [2.05, 4.69) is 5.32 Å². The average molecular weight is 274 g/mol. The van der Waals surface area contributed by atoms with Crippen molar-refractivity contribution < 1.29 is 4.79 Å². The van der Waals surface area contributed by atoms with Gasteiger partial charge < -0.3 is 5.32 Å². The Bertz CT molecular complexity index is 404. The van der Waals surface area contributed by atoms with Gasteiger partial charge in [0.15, 0.2) is 0 Å². The lowest BCUT2D eigenvalue weighted by Crippen LogP contribution is -2.32. The molecule has 0 aliphatic carbocycles. The van der Waals surface area contributed by atoms with E-state index in [4.69, 9.17) is 23.2 Å². The molecule has 0 heterocycles. The quantitative estimate of drug-likeness (QED) is 0.834. The van der Waals surface area contributed by atoms with Crippen molar-refractivity contribution >= 4 is 29.1 Å². The summed E-state index contributed by atoms with van der Waals surface area (Å²) in [4.78, 5) is 11.8. The van der Waals surface area contributed by atoms with Crippen molar-refractivity contribution in [2.75, 3.05) is 6.54 Å². The molecule has 0 bridgehead atoms. The Kier molecular flexibility index (Phi) is 5.29. The molecular weight excluding hydrogens is 257 g/mol. The third-order valence-corrected chi connectivity index (χ3v) is 3.52. The summed E-state index contributed by atoms with van der Waals surface area (Å²) in [5, 5.41) is 3.19. The second-order valence-electron chi connectivity index (χ2n) is 4.45. The van der Waals surface area contributed by atoms with Crippen LogP contribution in [-0.2, 0) is 0 Å². The summed E-state index contributed by atoms with van der Waals surface area (Å²) < 4.78 is 0. The standard InChI is InChI=1S/C13H17Cl2NO/c1-8(2)12(15)7-16-13(17)10-5-4-9(3)6-11(10)14/h4-6,8,12H,7H2,1-3H3,(H,16,17). The number of alkyl halides is 1. The second-order valence-corrected chi connectivity index (χ2v) is 5.42. The molecule has 1 unspecified atom stereocenters. The number of benzene rings is 1. The zero-order valence-electron chi connectivity index (χ0n) is 10.3. The summed E-state index contributed by atoms with van der Waals surface area (Å²) >= 11 is 12.1. The third kappa shape index (κ3) is 4.21. The summed E-state index contributed by atoms with van der Waals surface area (Å²) in [6.07, 6.45) is 0. The Morgan fingerprint density at radius 2 is 2.06 bits per heavy atom. The number of carbonyl (C=O) groups excluding carboxylic acids is 1. The summed E-state index contributed by atoms with van der Waals surface area (Å²) in [5.74, 6) is 0.145. The first-order chi connectivity index (χ1) is 7.91. The highest BCUT2D eigenvalue weighted by Gasteiger charge is 2.14. The fourth-order valence-corrected chi connectivity index (χ4v) is 1.72. The molecular formula is C13H17Cl2NO. The number of amides is 1. The van der Waals surface area contributed by atoms with Gasteiger partial charge in [-0.1, -0.05) is 31.5 Å². The number of aryl methyl sites for hydroxylation is 1. The lowest BCUT2D eigenvalue weighted by Gasteiger charge is -2.14. The molecule has 1 rings (SSSR count). The maximum absolute atomic E-state index is 11.8. The van der Waals surface area contributed by atoms with Crippen LogP contribution in [0.1, 0.15) is 29.8 Å². The van der Waals surface area contributed by atoms with Crippen LogP contribution in [0.25, 0.3) is 0 Å². The molecule has 0 radical (unpaired) electrons. The van der Waals surface area contributed by atoms with Gasteiger partial charge in [-0.15, -0.1) is 11.6 Å². The molecule has 94 valence electrons. The molecule has 0 aromatic heterocycles. The van der Waals surface area contributed by atoms with Gasteiger partial charge in [0.05, 0.1) is 16.0 Å². The predicted molar refractivity (Wildman–Crippen MR) is 73.0 cm³/mol. The van der Waals surface area contributed by atoms with Gasteiger partial charge in [-0.3, -0.25) is 4.79 Å². The average Bonchev–Trinajstić information content (AvgIpc) is 2.25. The van der Waals surface area contributed by atoms with Crippen LogP contribution < -0.4 is 5.32 Å². The highest BCUT2D eigenvalue weighted by atomic mass is 35.5. The minimum atomic E-state index is -0.179.